The van der Waals surface area contributed by atoms with Crippen molar-refractivity contribution in [1.82, 2.24) is 19.6 Å². The average molecular weight is 495 g/mol. The van der Waals surface area contributed by atoms with Crippen LogP contribution in [0.15, 0.2) is 53.1 Å². The first kappa shape index (κ1) is 25.5. The first-order chi connectivity index (χ1) is 17.4. The van der Waals surface area contributed by atoms with Crippen molar-refractivity contribution in [2.45, 2.75) is 31.9 Å². The molecule has 1 saturated heterocycles. The van der Waals surface area contributed by atoms with E-state index in [1.807, 2.05) is 35.0 Å². The van der Waals surface area contributed by atoms with Crippen LogP contribution in [0.4, 0.5) is 0 Å². The van der Waals surface area contributed by atoms with E-state index in [4.69, 9.17) is 13.9 Å². The van der Waals surface area contributed by atoms with Crippen LogP contribution in [0.3, 0.4) is 0 Å². The van der Waals surface area contributed by atoms with E-state index >= 15 is 0 Å². The number of furan rings is 1. The molecule has 1 fully saturated rings. The molecule has 4 rings (SSSR count). The highest BCUT2D eigenvalue weighted by atomic mass is 16.5. The van der Waals surface area contributed by atoms with Crippen LogP contribution < -0.4 is 4.74 Å². The monoisotopic (exact) mass is 494 g/mol. The van der Waals surface area contributed by atoms with Crippen molar-refractivity contribution in [2.75, 3.05) is 34.4 Å². The summed E-state index contributed by atoms with van der Waals surface area (Å²) in [6, 6.07) is 13.1. The second-order valence-corrected chi connectivity index (χ2v) is 9.24. The number of ether oxygens (including phenoxy) is 2. The summed E-state index contributed by atoms with van der Waals surface area (Å²) >= 11 is 0. The van der Waals surface area contributed by atoms with Gasteiger partial charge in [0, 0.05) is 46.5 Å². The van der Waals surface area contributed by atoms with Gasteiger partial charge in [0.15, 0.2) is 5.76 Å². The molecule has 0 N–H and O–H groups in total. The molecule has 3 heterocycles. The van der Waals surface area contributed by atoms with E-state index in [0.29, 0.717) is 43.3 Å². The van der Waals surface area contributed by atoms with Crippen molar-refractivity contribution in [3.8, 4) is 5.75 Å². The van der Waals surface area contributed by atoms with Crippen molar-refractivity contribution in [3.63, 3.8) is 0 Å². The summed E-state index contributed by atoms with van der Waals surface area (Å²) in [5, 5.41) is 4.31. The first-order valence-corrected chi connectivity index (χ1v) is 12.2. The molecule has 0 spiro atoms. The molecule has 1 aliphatic rings. The highest BCUT2D eigenvalue weighted by Gasteiger charge is 2.34. The minimum absolute atomic E-state index is 0.0548. The summed E-state index contributed by atoms with van der Waals surface area (Å²) in [6.45, 7) is 1.53. The Labute approximate surface area is 211 Å². The zero-order valence-corrected chi connectivity index (χ0v) is 21.3. The van der Waals surface area contributed by atoms with Crippen molar-refractivity contribution >= 4 is 11.8 Å². The molecular formula is C27H34N4O5. The lowest BCUT2D eigenvalue weighted by molar-refractivity contribution is 0.0501. The Morgan fingerprint density at radius 2 is 1.94 bits per heavy atom. The topological polar surface area (TPSA) is 90.0 Å². The predicted octanol–water partition coefficient (Wildman–Crippen LogP) is 3.40. The van der Waals surface area contributed by atoms with Gasteiger partial charge >= 0.3 is 0 Å². The Balaban J connectivity index is 1.49. The smallest absolute Gasteiger partial charge is 0.289 e. The number of methoxy groups -OCH3 is 2. The molecule has 36 heavy (non-hydrogen) atoms. The van der Waals surface area contributed by atoms with E-state index in [-0.39, 0.29) is 23.8 Å². The molecule has 9 nitrogen and oxygen atoms in total. The second kappa shape index (κ2) is 11.4. The molecule has 1 atom stereocenters. The van der Waals surface area contributed by atoms with E-state index in [2.05, 4.69) is 11.2 Å². The highest BCUT2D eigenvalue weighted by molar-refractivity contribution is 5.92. The van der Waals surface area contributed by atoms with Crippen LogP contribution in [0, 0.1) is 5.92 Å². The largest absolute Gasteiger partial charge is 0.497 e. The third-order valence-corrected chi connectivity index (χ3v) is 6.86. The molecular weight excluding hydrogens is 460 g/mol. The van der Waals surface area contributed by atoms with Gasteiger partial charge in [-0.05, 0) is 61.1 Å². The third kappa shape index (κ3) is 5.79. The maximum Gasteiger partial charge on any atom is 0.289 e. The molecule has 0 bridgehead atoms. The number of benzene rings is 1. The van der Waals surface area contributed by atoms with Crippen molar-refractivity contribution < 1.29 is 23.5 Å². The lowest BCUT2D eigenvalue weighted by Gasteiger charge is -2.39. The summed E-state index contributed by atoms with van der Waals surface area (Å²) in [7, 11) is 6.89. The number of carbonyl (C=O) groups excluding carboxylic acids is 2. The number of nitrogens with zero attached hydrogens (tertiary/aromatic N) is 4. The zero-order chi connectivity index (χ0) is 25.7. The van der Waals surface area contributed by atoms with Crippen molar-refractivity contribution in [1.29, 1.82) is 0 Å². The molecule has 0 aliphatic carbocycles. The fourth-order valence-corrected chi connectivity index (χ4v) is 4.88. The van der Waals surface area contributed by atoms with E-state index in [1.165, 1.54) is 0 Å². The Hall–Kier alpha value is -3.59. The standard InChI is InChI=1S/C27H34N4O5/c1-29-13-12-23(28-29)26(32)30(2)24(17-19-6-5-7-21(16-19)35-4)20-10-14-31(15-11-20)27(33)25-9-8-22(36-25)18-34-3/h5-9,12-13,16,20,24H,10-11,14-15,17-18H2,1-4H3. The van der Waals surface area contributed by atoms with Gasteiger partial charge in [0.05, 0.1) is 7.11 Å². The molecule has 2 aromatic heterocycles. The summed E-state index contributed by atoms with van der Waals surface area (Å²) in [6.07, 6.45) is 4.02. The highest BCUT2D eigenvalue weighted by Crippen LogP contribution is 2.29. The number of amides is 2. The summed E-state index contributed by atoms with van der Waals surface area (Å²) < 4.78 is 17.8. The maximum absolute atomic E-state index is 13.3. The van der Waals surface area contributed by atoms with Gasteiger partial charge in [-0.15, -0.1) is 0 Å². The molecule has 3 aromatic rings. The van der Waals surface area contributed by atoms with Crippen LogP contribution in [0.5, 0.6) is 5.75 Å². The van der Waals surface area contributed by atoms with Gasteiger partial charge in [-0.3, -0.25) is 14.3 Å². The van der Waals surface area contributed by atoms with Gasteiger partial charge < -0.3 is 23.7 Å². The van der Waals surface area contributed by atoms with Gasteiger partial charge in [0.2, 0.25) is 0 Å². The number of likely N-dealkylation sites (tertiary alicyclic amines) is 1. The third-order valence-electron chi connectivity index (χ3n) is 6.86. The Bertz CT molecular complexity index is 1180. The van der Waals surface area contributed by atoms with Crippen LogP contribution in [-0.2, 0) is 24.8 Å². The number of carbonyl (C=O) groups is 2. The van der Waals surface area contributed by atoms with Gasteiger partial charge in [-0.1, -0.05) is 12.1 Å². The second-order valence-electron chi connectivity index (χ2n) is 9.24. The van der Waals surface area contributed by atoms with Crippen LogP contribution in [0.1, 0.15) is 45.2 Å². The summed E-state index contributed by atoms with van der Waals surface area (Å²) in [5.41, 5.74) is 1.52. The lowest BCUT2D eigenvalue weighted by Crippen LogP contribution is -2.48. The fraction of sp³-hybridized carbons (Fsp3) is 0.444. The number of aryl methyl sites for hydroxylation is 1. The van der Waals surface area contributed by atoms with Gasteiger partial charge in [0.25, 0.3) is 11.8 Å². The molecule has 1 aromatic carbocycles. The minimum Gasteiger partial charge on any atom is -0.497 e. The normalized spacial score (nSPS) is 15.1. The molecule has 192 valence electrons. The molecule has 0 radical (unpaired) electrons. The number of hydrogen-bond acceptors (Lipinski definition) is 6. The first-order valence-electron chi connectivity index (χ1n) is 12.2. The number of hydrogen-bond donors (Lipinski definition) is 0. The Morgan fingerprint density at radius 3 is 2.61 bits per heavy atom. The SMILES string of the molecule is COCc1ccc(C(=O)N2CCC(C(Cc3cccc(OC)c3)N(C)C(=O)c3ccn(C)n3)CC2)o1. The molecule has 0 saturated carbocycles. The van der Waals surface area contributed by atoms with Crippen molar-refractivity contribution in [3.05, 3.63) is 71.4 Å². The van der Waals surface area contributed by atoms with E-state index in [1.54, 1.807) is 50.3 Å². The predicted molar refractivity (Wildman–Crippen MR) is 134 cm³/mol. The van der Waals surface area contributed by atoms with Crippen LogP contribution in [0.25, 0.3) is 0 Å². The number of aromatic nitrogens is 2. The lowest BCUT2D eigenvalue weighted by atomic mass is 9.84. The van der Waals surface area contributed by atoms with Crippen LogP contribution >= 0.6 is 0 Å². The van der Waals surface area contributed by atoms with Gasteiger partial charge in [-0.25, -0.2) is 0 Å². The number of rotatable bonds is 9. The fourth-order valence-electron chi connectivity index (χ4n) is 4.88. The molecule has 2 amide bonds. The average Bonchev–Trinajstić information content (AvgIpc) is 3.55. The van der Waals surface area contributed by atoms with Crippen LogP contribution in [-0.4, -0.2) is 71.8 Å². The summed E-state index contributed by atoms with van der Waals surface area (Å²) in [4.78, 5) is 29.9. The van der Waals surface area contributed by atoms with Crippen LogP contribution in [0.2, 0.25) is 0 Å². The zero-order valence-electron chi connectivity index (χ0n) is 21.3. The number of likely N-dealkylation sites (N-methyl/N-ethyl adjacent to an activating group) is 1. The molecule has 9 heteroatoms. The molecule has 1 unspecified atom stereocenters. The maximum atomic E-state index is 13.3. The van der Waals surface area contributed by atoms with Crippen molar-refractivity contribution in [2.24, 2.45) is 13.0 Å². The van der Waals surface area contributed by atoms with E-state index in [0.717, 1.165) is 24.2 Å². The summed E-state index contributed by atoms with van der Waals surface area (Å²) in [5.74, 6) is 1.75. The number of piperidine rings is 1. The van der Waals surface area contributed by atoms with Gasteiger partial charge in [-0.2, -0.15) is 5.10 Å². The van der Waals surface area contributed by atoms with E-state index < -0.39 is 0 Å². The van der Waals surface area contributed by atoms with E-state index in [9.17, 15) is 9.59 Å². The Morgan fingerprint density at radius 1 is 1.17 bits per heavy atom. The minimum atomic E-state index is -0.113. The molecule has 1 aliphatic heterocycles. The van der Waals surface area contributed by atoms with Gasteiger partial charge in [0.1, 0.15) is 23.8 Å². The quantitative estimate of drug-likeness (QED) is 0.453. The Kier molecular flexibility index (Phi) is 8.10.